The van der Waals surface area contributed by atoms with Crippen LogP contribution in [0.2, 0.25) is 0 Å². The third-order valence-electron chi connectivity index (χ3n) is 8.72. The molecule has 6 rings (SSSR count). The minimum Gasteiger partial charge on any atom is -0.0695 e. The van der Waals surface area contributed by atoms with E-state index in [2.05, 4.69) is 176 Å². The SMILES string of the molecule is CC.CC1=C(c2ccccc2C)CCCC1.Cc1ccc(-c2ccc(Cc3ccccc3)cc2)cc1.Cc1ccc(C(C)(C)C)cc1. The summed E-state index contributed by atoms with van der Waals surface area (Å²) in [6.07, 6.45) is 6.30. The maximum absolute atomic E-state index is 2.29. The first kappa shape index (κ1) is 37.3. The van der Waals surface area contributed by atoms with Gasteiger partial charge in [-0.05, 0) is 110 Å². The zero-order valence-electron chi connectivity index (χ0n) is 30.7. The van der Waals surface area contributed by atoms with Gasteiger partial charge in [-0.25, -0.2) is 0 Å². The lowest BCUT2D eigenvalue weighted by molar-refractivity contribution is 0.590. The third kappa shape index (κ3) is 12.2. The molecule has 0 unspecified atom stereocenters. The van der Waals surface area contributed by atoms with Gasteiger partial charge in [0.25, 0.3) is 0 Å². The average Bonchev–Trinajstić information content (AvgIpc) is 3.08. The summed E-state index contributed by atoms with van der Waals surface area (Å²) in [6, 6.07) is 45.6. The lowest BCUT2D eigenvalue weighted by Crippen LogP contribution is -2.10. The van der Waals surface area contributed by atoms with Crippen molar-refractivity contribution in [3.8, 4) is 11.1 Å². The second-order valence-corrected chi connectivity index (χ2v) is 13.6. The number of aryl methyl sites for hydroxylation is 3. The zero-order chi connectivity index (χ0) is 34.2. The molecule has 0 saturated carbocycles. The lowest BCUT2D eigenvalue weighted by atomic mass is 9.86. The molecule has 0 aromatic heterocycles. The van der Waals surface area contributed by atoms with E-state index in [9.17, 15) is 0 Å². The molecule has 5 aromatic carbocycles. The Morgan fingerprint density at radius 3 is 1.49 bits per heavy atom. The fraction of sp³-hybridized carbons (Fsp3) is 0.319. The Hall–Kier alpha value is -4.16. The number of hydrogen-bond donors (Lipinski definition) is 0. The van der Waals surface area contributed by atoms with Crippen LogP contribution in [0.15, 0.2) is 133 Å². The largest absolute Gasteiger partial charge is 0.0695 e. The molecule has 1 aliphatic rings. The third-order valence-corrected chi connectivity index (χ3v) is 8.72. The van der Waals surface area contributed by atoms with Gasteiger partial charge in [-0.2, -0.15) is 0 Å². The summed E-state index contributed by atoms with van der Waals surface area (Å²) in [6.45, 7) is 19.4. The Morgan fingerprint density at radius 1 is 0.489 bits per heavy atom. The van der Waals surface area contributed by atoms with Gasteiger partial charge in [0.15, 0.2) is 0 Å². The van der Waals surface area contributed by atoms with Gasteiger partial charge in [-0.1, -0.05) is 179 Å². The molecule has 0 amide bonds. The Balaban J connectivity index is 0.000000196. The van der Waals surface area contributed by atoms with Crippen LogP contribution in [0.25, 0.3) is 16.7 Å². The van der Waals surface area contributed by atoms with Crippen molar-refractivity contribution in [3.05, 3.63) is 172 Å². The predicted molar refractivity (Wildman–Crippen MR) is 209 cm³/mol. The van der Waals surface area contributed by atoms with Crippen LogP contribution in [0, 0.1) is 20.8 Å². The summed E-state index contributed by atoms with van der Waals surface area (Å²) in [5, 5.41) is 0. The van der Waals surface area contributed by atoms with Crippen LogP contribution < -0.4 is 0 Å². The molecule has 0 heteroatoms. The first-order valence-electron chi connectivity index (χ1n) is 17.6. The van der Waals surface area contributed by atoms with E-state index in [0.29, 0.717) is 0 Å². The van der Waals surface area contributed by atoms with Crippen LogP contribution in [-0.4, -0.2) is 0 Å². The highest BCUT2D eigenvalue weighted by atomic mass is 14.2. The van der Waals surface area contributed by atoms with Crippen LogP contribution in [0.5, 0.6) is 0 Å². The van der Waals surface area contributed by atoms with E-state index in [4.69, 9.17) is 0 Å². The van der Waals surface area contributed by atoms with Gasteiger partial charge in [0.05, 0.1) is 0 Å². The second kappa shape index (κ2) is 18.9. The van der Waals surface area contributed by atoms with Crippen molar-refractivity contribution in [1.29, 1.82) is 0 Å². The van der Waals surface area contributed by atoms with Crippen molar-refractivity contribution in [2.24, 2.45) is 0 Å². The maximum Gasteiger partial charge on any atom is -0.00258 e. The molecule has 0 N–H and O–H groups in total. The predicted octanol–water partition coefficient (Wildman–Crippen LogP) is 13.9. The van der Waals surface area contributed by atoms with Crippen LogP contribution in [-0.2, 0) is 11.8 Å². The Labute approximate surface area is 287 Å². The summed E-state index contributed by atoms with van der Waals surface area (Å²) in [7, 11) is 0. The highest BCUT2D eigenvalue weighted by Gasteiger charge is 2.13. The second-order valence-electron chi connectivity index (χ2n) is 13.6. The summed E-state index contributed by atoms with van der Waals surface area (Å²) in [5.41, 5.74) is 15.7. The monoisotopic (exact) mass is 622 g/mol. The molecule has 5 aromatic rings. The highest BCUT2D eigenvalue weighted by Crippen LogP contribution is 2.33. The van der Waals surface area contributed by atoms with Crippen LogP contribution in [0.3, 0.4) is 0 Å². The van der Waals surface area contributed by atoms with Gasteiger partial charge in [0.1, 0.15) is 0 Å². The van der Waals surface area contributed by atoms with E-state index in [1.54, 1.807) is 11.1 Å². The quantitative estimate of drug-likeness (QED) is 0.187. The average molecular weight is 623 g/mol. The van der Waals surface area contributed by atoms with Crippen LogP contribution >= 0.6 is 0 Å². The van der Waals surface area contributed by atoms with Crippen LogP contribution in [0.4, 0.5) is 0 Å². The summed E-state index contributed by atoms with van der Waals surface area (Å²) in [4.78, 5) is 0. The van der Waals surface area contributed by atoms with Crippen molar-refractivity contribution in [1.82, 2.24) is 0 Å². The van der Waals surface area contributed by atoms with Gasteiger partial charge >= 0.3 is 0 Å². The smallest absolute Gasteiger partial charge is 0.00258 e. The molecule has 0 radical (unpaired) electrons. The Kier molecular flexibility index (Phi) is 15.0. The first-order valence-corrected chi connectivity index (χ1v) is 17.6. The van der Waals surface area contributed by atoms with E-state index < -0.39 is 0 Å². The van der Waals surface area contributed by atoms with Gasteiger partial charge in [0.2, 0.25) is 0 Å². The van der Waals surface area contributed by atoms with Gasteiger partial charge in [-0.15, -0.1) is 0 Å². The Bertz CT molecular complexity index is 1630. The van der Waals surface area contributed by atoms with E-state index in [0.717, 1.165) is 6.42 Å². The molecule has 0 spiro atoms. The van der Waals surface area contributed by atoms with Gasteiger partial charge < -0.3 is 0 Å². The molecule has 0 bridgehead atoms. The molecule has 0 nitrogen and oxygen atoms in total. The van der Waals surface area contributed by atoms with Crippen molar-refractivity contribution < 1.29 is 0 Å². The fourth-order valence-electron chi connectivity index (χ4n) is 5.78. The molecule has 0 fully saturated rings. The van der Waals surface area contributed by atoms with E-state index in [-0.39, 0.29) is 5.41 Å². The first-order chi connectivity index (χ1) is 22.6. The van der Waals surface area contributed by atoms with E-state index in [1.807, 2.05) is 13.8 Å². The minimum atomic E-state index is 0.285. The van der Waals surface area contributed by atoms with Crippen molar-refractivity contribution in [3.63, 3.8) is 0 Å². The summed E-state index contributed by atoms with van der Waals surface area (Å²) in [5.74, 6) is 0. The molecular formula is C47H58. The summed E-state index contributed by atoms with van der Waals surface area (Å²) >= 11 is 0. The van der Waals surface area contributed by atoms with E-state index in [1.165, 1.54) is 75.8 Å². The van der Waals surface area contributed by atoms with Crippen molar-refractivity contribution in [2.45, 2.75) is 99.8 Å². The molecule has 47 heavy (non-hydrogen) atoms. The Morgan fingerprint density at radius 2 is 0.957 bits per heavy atom. The zero-order valence-corrected chi connectivity index (χ0v) is 30.7. The maximum atomic E-state index is 2.29. The minimum absolute atomic E-state index is 0.285. The van der Waals surface area contributed by atoms with Crippen molar-refractivity contribution >= 4 is 5.57 Å². The van der Waals surface area contributed by atoms with E-state index >= 15 is 0 Å². The number of benzene rings is 5. The topological polar surface area (TPSA) is 0 Å². The highest BCUT2D eigenvalue weighted by molar-refractivity contribution is 5.71. The van der Waals surface area contributed by atoms with Gasteiger partial charge in [0, 0.05) is 0 Å². The molecule has 0 heterocycles. The van der Waals surface area contributed by atoms with Crippen molar-refractivity contribution in [2.75, 3.05) is 0 Å². The van der Waals surface area contributed by atoms with Crippen LogP contribution in [0.1, 0.15) is 106 Å². The molecule has 0 saturated heterocycles. The number of hydrogen-bond acceptors (Lipinski definition) is 0. The normalized spacial score (nSPS) is 12.4. The standard InChI is InChI=1S/C20H18.C14H18.C11H16.C2H6/c1-16-7-11-19(12-8-16)20-13-9-18(10-14-20)15-17-5-3-2-4-6-17;1-11-7-3-5-9-13(11)14-10-6-4-8-12(14)2;1-9-5-7-10(8-6-9)11(2,3)4;1-2/h2-14H,15H2,1H3;3,5,7,9H,4,6,8,10H2,1-2H3;5-8H,1-4H3;1-2H3. The fourth-order valence-corrected chi connectivity index (χ4v) is 5.78. The molecule has 1 aliphatic carbocycles. The number of allylic oxidation sites excluding steroid dienone is 2. The lowest BCUT2D eigenvalue weighted by Gasteiger charge is -2.19. The van der Waals surface area contributed by atoms with Gasteiger partial charge in [-0.3, -0.25) is 0 Å². The molecule has 0 atom stereocenters. The summed E-state index contributed by atoms with van der Waals surface area (Å²) < 4.78 is 0. The molecular weight excluding hydrogens is 565 g/mol. The number of rotatable bonds is 4. The molecule has 246 valence electrons. The molecule has 0 aliphatic heterocycles.